The average molecular weight is 248 g/mol. The molecule has 4 aromatic heterocycles. The highest BCUT2D eigenvalue weighted by atomic mass is 14.9. The molecule has 0 radical (unpaired) electrons. The third-order valence-electron chi connectivity index (χ3n) is 3.47. The number of nitrogens with one attached hydrogen (secondary N) is 1. The molecule has 92 valence electrons. The van der Waals surface area contributed by atoms with Gasteiger partial charge in [-0.2, -0.15) is 0 Å². The van der Waals surface area contributed by atoms with Gasteiger partial charge in [-0.1, -0.05) is 0 Å². The molecule has 0 aliphatic carbocycles. The van der Waals surface area contributed by atoms with Gasteiger partial charge in [0, 0.05) is 53.9 Å². The van der Waals surface area contributed by atoms with Gasteiger partial charge in [-0.05, 0) is 24.3 Å². The number of nitrogens with zero attached hydrogens (tertiary/aromatic N) is 3. The van der Waals surface area contributed by atoms with Crippen molar-refractivity contribution in [2.75, 3.05) is 0 Å². The largest absolute Gasteiger partial charge is 0.350 e. The second kappa shape index (κ2) is 3.68. The Morgan fingerprint density at radius 2 is 2.16 bits per heavy atom. The molecule has 4 aromatic rings. The lowest BCUT2D eigenvalue weighted by Gasteiger charge is -1.94. The van der Waals surface area contributed by atoms with E-state index in [-0.39, 0.29) is 0 Å². The Hall–Kier alpha value is -2.62. The number of pyridine rings is 2. The Balaban J connectivity index is 2.04. The van der Waals surface area contributed by atoms with Crippen LogP contribution in [0.4, 0.5) is 0 Å². The van der Waals surface area contributed by atoms with Gasteiger partial charge in [0.2, 0.25) is 0 Å². The molecule has 1 N–H and O–H groups in total. The summed E-state index contributed by atoms with van der Waals surface area (Å²) in [6, 6.07) is 8.17. The monoisotopic (exact) mass is 248 g/mol. The van der Waals surface area contributed by atoms with E-state index in [2.05, 4.69) is 37.8 Å². The minimum atomic E-state index is 0.915. The maximum atomic E-state index is 4.34. The Kier molecular flexibility index (Phi) is 2.00. The predicted octanol–water partition coefficient (Wildman–Crippen LogP) is 3.12. The highest BCUT2D eigenvalue weighted by Crippen LogP contribution is 2.30. The fourth-order valence-electron chi connectivity index (χ4n) is 2.55. The molecular weight excluding hydrogens is 236 g/mol. The molecular formula is C15H12N4. The van der Waals surface area contributed by atoms with E-state index in [1.54, 1.807) is 6.20 Å². The first-order valence-electron chi connectivity index (χ1n) is 6.16. The number of hydrogen-bond donors (Lipinski definition) is 1. The second-order valence-corrected chi connectivity index (χ2v) is 4.67. The lowest BCUT2D eigenvalue weighted by atomic mass is 10.1. The van der Waals surface area contributed by atoms with Crippen LogP contribution in [0.2, 0.25) is 0 Å². The molecule has 19 heavy (non-hydrogen) atoms. The Bertz CT molecular complexity index is 852. The summed E-state index contributed by atoms with van der Waals surface area (Å²) in [5, 5.41) is 2.27. The molecule has 0 fully saturated rings. The van der Waals surface area contributed by atoms with Crippen LogP contribution in [0.15, 0.2) is 49.1 Å². The normalized spacial score (nSPS) is 11.4. The van der Waals surface area contributed by atoms with Crippen molar-refractivity contribution in [1.29, 1.82) is 0 Å². The third-order valence-corrected chi connectivity index (χ3v) is 3.47. The SMILES string of the molecule is Cn1cc(-c2cc3cccnc3[nH]2)c2cnccc21. The predicted molar refractivity (Wildman–Crippen MR) is 75.8 cm³/mol. The summed E-state index contributed by atoms with van der Waals surface area (Å²) < 4.78 is 2.12. The second-order valence-electron chi connectivity index (χ2n) is 4.67. The van der Waals surface area contributed by atoms with Gasteiger partial charge in [-0.25, -0.2) is 4.98 Å². The van der Waals surface area contributed by atoms with Crippen LogP contribution in [0.25, 0.3) is 33.2 Å². The summed E-state index contributed by atoms with van der Waals surface area (Å²) in [6.45, 7) is 0. The summed E-state index contributed by atoms with van der Waals surface area (Å²) in [5.41, 5.74) is 4.32. The van der Waals surface area contributed by atoms with Gasteiger partial charge in [-0.3, -0.25) is 4.98 Å². The van der Waals surface area contributed by atoms with Crippen LogP contribution in [0.3, 0.4) is 0 Å². The maximum absolute atomic E-state index is 4.34. The van der Waals surface area contributed by atoms with Crippen LogP contribution in [-0.4, -0.2) is 19.5 Å². The van der Waals surface area contributed by atoms with E-state index >= 15 is 0 Å². The molecule has 0 saturated heterocycles. The first-order chi connectivity index (χ1) is 9.33. The van der Waals surface area contributed by atoms with Gasteiger partial charge < -0.3 is 9.55 Å². The maximum Gasteiger partial charge on any atom is 0.137 e. The number of fused-ring (bicyclic) bond motifs is 2. The highest BCUT2D eigenvalue weighted by molar-refractivity contribution is 5.97. The molecule has 4 heterocycles. The van der Waals surface area contributed by atoms with E-state index in [0.29, 0.717) is 0 Å². The molecule has 4 nitrogen and oxygen atoms in total. The van der Waals surface area contributed by atoms with Crippen molar-refractivity contribution in [3.8, 4) is 11.3 Å². The third kappa shape index (κ3) is 1.46. The van der Waals surface area contributed by atoms with Gasteiger partial charge >= 0.3 is 0 Å². The lowest BCUT2D eigenvalue weighted by Crippen LogP contribution is -1.82. The van der Waals surface area contributed by atoms with E-state index in [4.69, 9.17) is 0 Å². The molecule has 0 aromatic carbocycles. The summed E-state index contributed by atoms with van der Waals surface area (Å²) in [4.78, 5) is 11.9. The molecule has 0 aliphatic heterocycles. The van der Waals surface area contributed by atoms with Gasteiger partial charge in [0.05, 0.1) is 5.52 Å². The van der Waals surface area contributed by atoms with Crippen molar-refractivity contribution < 1.29 is 0 Å². The fourth-order valence-corrected chi connectivity index (χ4v) is 2.55. The van der Waals surface area contributed by atoms with Gasteiger partial charge in [0.25, 0.3) is 0 Å². The number of aryl methyl sites for hydroxylation is 1. The first kappa shape index (κ1) is 10.3. The van der Waals surface area contributed by atoms with Crippen LogP contribution >= 0.6 is 0 Å². The zero-order valence-electron chi connectivity index (χ0n) is 10.5. The molecule has 0 amide bonds. The molecule has 4 heteroatoms. The zero-order valence-corrected chi connectivity index (χ0v) is 10.5. The number of hydrogen-bond acceptors (Lipinski definition) is 2. The minimum absolute atomic E-state index is 0.915. The van der Waals surface area contributed by atoms with E-state index in [1.807, 2.05) is 31.6 Å². The summed E-state index contributed by atoms with van der Waals surface area (Å²) >= 11 is 0. The molecule has 0 bridgehead atoms. The van der Waals surface area contributed by atoms with Crippen molar-refractivity contribution in [1.82, 2.24) is 19.5 Å². The van der Waals surface area contributed by atoms with Crippen molar-refractivity contribution >= 4 is 21.9 Å². The molecule has 0 saturated carbocycles. The molecule has 0 unspecified atom stereocenters. The average Bonchev–Trinajstić information content (AvgIpc) is 3.01. The molecule has 0 aliphatic rings. The van der Waals surface area contributed by atoms with Crippen molar-refractivity contribution in [2.45, 2.75) is 0 Å². The lowest BCUT2D eigenvalue weighted by molar-refractivity contribution is 0.968. The highest BCUT2D eigenvalue weighted by Gasteiger charge is 2.10. The topological polar surface area (TPSA) is 46.5 Å². The smallest absolute Gasteiger partial charge is 0.137 e. The zero-order chi connectivity index (χ0) is 12.8. The van der Waals surface area contributed by atoms with Gasteiger partial charge in [-0.15, -0.1) is 0 Å². The van der Waals surface area contributed by atoms with E-state index < -0.39 is 0 Å². The Labute approximate surface area is 109 Å². The van der Waals surface area contributed by atoms with Crippen LogP contribution in [0.5, 0.6) is 0 Å². The minimum Gasteiger partial charge on any atom is -0.350 e. The van der Waals surface area contributed by atoms with Crippen LogP contribution in [0, 0.1) is 0 Å². The molecule has 0 spiro atoms. The van der Waals surface area contributed by atoms with Crippen molar-refractivity contribution in [2.24, 2.45) is 7.05 Å². The fraction of sp³-hybridized carbons (Fsp3) is 0.0667. The number of aromatic nitrogens is 4. The Morgan fingerprint density at radius 1 is 1.21 bits per heavy atom. The van der Waals surface area contributed by atoms with E-state index in [9.17, 15) is 0 Å². The van der Waals surface area contributed by atoms with Gasteiger partial charge in [0.1, 0.15) is 5.65 Å². The van der Waals surface area contributed by atoms with E-state index in [0.717, 1.165) is 27.7 Å². The van der Waals surface area contributed by atoms with Crippen LogP contribution in [-0.2, 0) is 7.05 Å². The summed E-state index contributed by atoms with van der Waals surface area (Å²) in [5.74, 6) is 0. The molecule has 0 atom stereocenters. The van der Waals surface area contributed by atoms with E-state index in [1.165, 1.54) is 5.52 Å². The van der Waals surface area contributed by atoms with Crippen molar-refractivity contribution in [3.63, 3.8) is 0 Å². The summed E-state index contributed by atoms with van der Waals surface area (Å²) in [6.07, 6.45) is 7.65. The van der Waals surface area contributed by atoms with Crippen LogP contribution in [0.1, 0.15) is 0 Å². The number of rotatable bonds is 1. The summed E-state index contributed by atoms with van der Waals surface area (Å²) in [7, 11) is 2.05. The molecule has 4 rings (SSSR count). The van der Waals surface area contributed by atoms with Gasteiger partial charge in [0.15, 0.2) is 0 Å². The first-order valence-corrected chi connectivity index (χ1v) is 6.16. The number of aromatic amines is 1. The number of H-pyrrole nitrogens is 1. The van der Waals surface area contributed by atoms with Crippen molar-refractivity contribution in [3.05, 3.63) is 49.1 Å². The Morgan fingerprint density at radius 3 is 3.05 bits per heavy atom. The standard InChI is InChI=1S/C15H12N4/c1-19-9-12(11-8-16-6-4-14(11)19)13-7-10-3-2-5-17-15(10)18-13/h2-9H,1H3,(H,17,18). The quantitative estimate of drug-likeness (QED) is 0.562. The van der Waals surface area contributed by atoms with Crippen LogP contribution < -0.4 is 0 Å².